The van der Waals surface area contributed by atoms with Crippen LogP contribution in [0.4, 0.5) is 0 Å². The van der Waals surface area contributed by atoms with E-state index in [0.29, 0.717) is 12.8 Å². The number of hydrogen-bond acceptors (Lipinski definition) is 4. The fourth-order valence-electron chi connectivity index (χ4n) is 2.28. The minimum Gasteiger partial charge on any atom is -0.550 e. The lowest BCUT2D eigenvalue weighted by Gasteiger charge is -2.42. The first-order chi connectivity index (χ1) is 6.23. The van der Waals surface area contributed by atoms with Gasteiger partial charge in [-0.2, -0.15) is 0 Å². The summed E-state index contributed by atoms with van der Waals surface area (Å²) in [6.45, 7) is 4.85. The zero-order valence-electron chi connectivity index (χ0n) is 8.62. The van der Waals surface area contributed by atoms with Gasteiger partial charge in [-0.25, -0.2) is 0 Å². The molecule has 0 amide bonds. The molecule has 80 valence electrons. The lowest BCUT2D eigenvalue weighted by atomic mass is 9.66. The average molecular weight is 198 g/mol. The van der Waals surface area contributed by atoms with Crippen LogP contribution in [0.15, 0.2) is 0 Å². The quantitative estimate of drug-likeness (QED) is 0.565. The minimum atomic E-state index is -1.17. The van der Waals surface area contributed by atoms with Gasteiger partial charge < -0.3 is 19.8 Å². The number of aliphatic carboxylic acids is 2. The Morgan fingerprint density at radius 3 is 1.93 bits per heavy atom. The lowest BCUT2D eigenvalue weighted by Crippen LogP contribution is -2.50. The zero-order valence-corrected chi connectivity index (χ0v) is 8.62. The molecular weight excluding hydrogens is 184 g/mol. The third-order valence-corrected chi connectivity index (χ3v) is 3.96. The fraction of sp³-hybridized carbons (Fsp3) is 0.800. The molecule has 0 radical (unpaired) electrons. The monoisotopic (exact) mass is 198 g/mol. The van der Waals surface area contributed by atoms with Crippen LogP contribution >= 0.6 is 0 Å². The highest BCUT2D eigenvalue weighted by Gasteiger charge is 2.52. The van der Waals surface area contributed by atoms with Gasteiger partial charge in [-0.15, -0.1) is 0 Å². The summed E-state index contributed by atoms with van der Waals surface area (Å²) in [4.78, 5) is 21.8. The Morgan fingerprint density at radius 1 is 1.21 bits per heavy atom. The third kappa shape index (κ3) is 1.21. The van der Waals surface area contributed by atoms with Crippen LogP contribution in [0.1, 0.15) is 33.6 Å². The molecular formula is C10H14O4-2. The minimum absolute atomic E-state index is 0.334. The Labute approximate surface area is 82.9 Å². The van der Waals surface area contributed by atoms with Gasteiger partial charge in [-0.3, -0.25) is 0 Å². The van der Waals surface area contributed by atoms with Gasteiger partial charge >= 0.3 is 0 Å². The number of rotatable bonds is 2. The van der Waals surface area contributed by atoms with Crippen LogP contribution < -0.4 is 10.2 Å². The standard InChI is InChI=1S/C10H16O4/c1-9(2)6(7(11)12)4-5-10(9,3)8(13)14/h6H,4-5H2,1-3H3,(H,11,12)(H,13,14)/p-2. The van der Waals surface area contributed by atoms with E-state index in [9.17, 15) is 19.8 Å². The lowest BCUT2D eigenvalue weighted by molar-refractivity contribution is -0.326. The normalized spacial score (nSPS) is 35.5. The van der Waals surface area contributed by atoms with Crippen LogP contribution in [0.25, 0.3) is 0 Å². The molecule has 0 heterocycles. The van der Waals surface area contributed by atoms with Gasteiger partial charge in [-0.1, -0.05) is 20.8 Å². The third-order valence-electron chi connectivity index (χ3n) is 3.96. The highest BCUT2D eigenvalue weighted by atomic mass is 16.4. The second kappa shape index (κ2) is 2.97. The van der Waals surface area contributed by atoms with E-state index in [1.54, 1.807) is 20.8 Å². The van der Waals surface area contributed by atoms with Crippen molar-refractivity contribution < 1.29 is 19.8 Å². The van der Waals surface area contributed by atoms with Gasteiger partial charge in [0.2, 0.25) is 0 Å². The van der Waals surface area contributed by atoms with E-state index >= 15 is 0 Å². The van der Waals surface area contributed by atoms with Crippen LogP contribution in [0.5, 0.6) is 0 Å². The van der Waals surface area contributed by atoms with Crippen LogP contribution in [0, 0.1) is 16.7 Å². The molecule has 0 aliphatic heterocycles. The molecule has 1 fully saturated rings. The maximum Gasteiger partial charge on any atom is 0.0479 e. The maximum absolute atomic E-state index is 11.0. The van der Waals surface area contributed by atoms with E-state index in [-0.39, 0.29) is 0 Å². The van der Waals surface area contributed by atoms with E-state index < -0.39 is 28.7 Å². The maximum atomic E-state index is 11.0. The molecule has 0 spiro atoms. The molecule has 1 saturated carbocycles. The molecule has 4 heteroatoms. The molecule has 2 atom stereocenters. The molecule has 0 aromatic carbocycles. The van der Waals surface area contributed by atoms with Crippen molar-refractivity contribution in [2.24, 2.45) is 16.7 Å². The Hall–Kier alpha value is -1.06. The first-order valence-corrected chi connectivity index (χ1v) is 4.66. The zero-order chi connectivity index (χ0) is 11.1. The number of carboxylic acids is 2. The average Bonchev–Trinajstić information content (AvgIpc) is 2.24. The molecule has 0 aromatic rings. The Balaban J connectivity index is 3.08. The molecule has 2 unspecified atom stereocenters. The number of carbonyl (C=O) groups is 2. The fourth-order valence-corrected chi connectivity index (χ4v) is 2.28. The number of hydrogen-bond donors (Lipinski definition) is 0. The van der Waals surface area contributed by atoms with Crippen LogP contribution in [-0.4, -0.2) is 11.9 Å². The van der Waals surface area contributed by atoms with Crippen molar-refractivity contribution in [2.75, 3.05) is 0 Å². The van der Waals surface area contributed by atoms with Gasteiger partial charge in [0.25, 0.3) is 0 Å². The second-order valence-electron chi connectivity index (χ2n) is 4.75. The summed E-state index contributed by atoms with van der Waals surface area (Å²) < 4.78 is 0. The molecule has 0 bridgehead atoms. The number of carboxylic acid groups (broad SMARTS) is 2. The summed E-state index contributed by atoms with van der Waals surface area (Å²) >= 11 is 0. The van der Waals surface area contributed by atoms with E-state index in [2.05, 4.69) is 0 Å². The summed E-state index contributed by atoms with van der Waals surface area (Å²) in [6, 6.07) is 0. The first kappa shape index (κ1) is 11.0. The predicted octanol–water partition coefficient (Wildman–Crippen LogP) is -1.07. The summed E-state index contributed by atoms with van der Waals surface area (Å²) in [7, 11) is 0. The van der Waals surface area contributed by atoms with Gasteiger partial charge in [0.15, 0.2) is 0 Å². The van der Waals surface area contributed by atoms with Gasteiger partial charge in [0.1, 0.15) is 0 Å². The van der Waals surface area contributed by atoms with Gasteiger partial charge in [0.05, 0.1) is 0 Å². The smallest absolute Gasteiger partial charge is 0.0479 e. The topological polar surface area (TPSA) is 80.3 Å². The van der Waals surface area contributed by atoms with E-state index in [4.69, 9.17) is 0 Å². The van der Waals surface area contributed by atoms with Gasteiger partial charge in [-0.05, 0) is 18.3 Å². The van der Waals surface area contributed by atoms with Crippen molar-refractivity contribution in [2.45, 2.75) is 33.6 Å². The van der Waals surface area contributed by atoms with Crippen molar-refractivity contribution >= 4 is 11.9 Å². The van der Waals surface area contributed by atoms with Crippen molar-refractivity contribution in [3.8, 4) is 0 Å². The van der Waals surface area contributed by atoms with Gasteiger partial charge in [0, 0.05) is 23.3 Å². The molecule has 1 rings (SSSR count). The summed E-state index contributed by atoms with van der Waals surface area (Å²) in [6.07, 6.45) is 0.681. The van der Waals surface area contributed by atoms with Crippen LogP contribution in [-0.2, 0) is 9.59 Å². The van der Waals surface area contributed by atoms with Crippen molar-refractivity contribution in [1.29, 1.82) is 0 Å². The van der Waals surface area contributed by atoms with Crippen LogP contribution in [0.3, 0.4) is 0 Å². The highest BCUT2D eigenvalue weighted by Crippen LogP contribution is 2.55. The SMILES string of the molecule is CC1(C(=O)[O-])CCC(C(=O)[O-])C1(C)C. The largest absolute Gasteiger partial charge is 0.550 e. The number of carbonyl (C=O) groups excluding carboxylic acids is 2. The molecule has 0 saturated heterocycles. The van der Waals surface area contributed by atoms with Crippen molar-refractivity contribution in [3.63, 3.8) is 0 Å². The Kier molecular flexibility index (Phi) is 2.34. The Morgan fingerprint density at radius 2 is 1.71 bits per heavy atom. The molecule has 4 nitrogen and oxygen atoms in total. The molecule has 1 aliphatic carbocycles. The van der Waals surface area contributed by atoms with E-state index in [1.807, 2.05) is 0 Å². The Bertz CT molecular complexity index is 282. The highest BCUT2D eigenvalue weighted by molar-refractivity contribution is 5.78. The van der Waals surface area contributed by atoms with Crippen LogP contribution in [0.2, 0.25) is 0 Å². The van der Waals surface area contributed by atoms with E-state index in [1.165, 1.54) is 0 Å². The summed E-state index contributed by atoms with van der Waals surface area (Å²) in [5.41, 5.74) is -1.89. The molecule has 14 heavy (non-hydrogen) atoms. The van der Waals surface area contributed by atoms with E-state index in [0.717, 1.165) is 0 Å². The molecule has 1 aliphatic rings. The second-order valence-corrected chi connectivity index (χ2v) is 4.75. The summed E-state index contributed by atoms with van der Waals surface area (Å²) in [5, 5.41) is 21.8. The summed E-state index contributed by atoms with van der Waals surface area (Å²) in [5.74, 6) is -3.04. The van der Waals surface area contributed by atoms with Crippen molar-refractivity contribution in [3.05, 3.63) is 0 Å². The molecule has 0 N–H and O–H groups in total. The molecule has 0 aromatic heterocycles. The predicted molar refractivity (Wildman–Crippen MR) is 44.6 cm³/mol. The first-order valence-electron chi connectivity index (χ1n) is 4.66. The van der Waals surface area contributed by atoms with Crippen molar-refractivity contribution in [1.82, 2.24) is 0 Å².